The van der Waals surface area contributed by atoms with Crippen LogP contribution in [0.1, 0.15) is 11.3 Å². The molecule has 5 nitrogen and oxygen atoms in total. The van der Waals surface area contributed by atoms with Gasteiger partial charge in [0, 0.05) is 23.1 Å². The van der Waals surface area contributed by atoms with Crippen molar-refractivity contribution in [2.75, 3.05) is 19.5 Å². The Hall–Kier alpha value is -2.34. The number of anilines is 1. The molecule has 0 spiro atoms. The lowest BCUT2D eigenvalue weighted by atomic mass is 10.1. The van der Waals surface area contributed by atoms with E-state index < -0.39 is 0 Å². The van der Waals surface area contributed by atoms with Gasteiger partial charge in [-0.1, -0.05) is 0 Å². The quantitative estimate of drug-likeness (QED) is 0.862. The van der Waals surface area contributed by atoms with E-state index >= 15 is 0 Å². The highest BCUT2D eigenvalue weighted by Crippen LogP contribution is 2.25. The van der Waals surface area contributed by atoms with Gasteiger partial charge < -0.3 is 9.47 Å². The van der Waals surface area contributed by atoms with Crippen LogP contribution in [-0.4, -0.2) is 25.1 Å². The third kappa shape index (κ3) is 4.06. The summed E-state index contributed by atoms with van der Waals surface area (Å²) >= 11 is 1.39. The third-order valence-corrected chi connectivity index (χ3v) is 3.58. The highest BCUT2D eigenvalue weighted by atomic mass is 32.1. The van der Waals surface area contributed by atoms with Gasteiger partial charge in [-0.3, -0.25) is 10.1 Å². The summed E-state index contributed by atoms with van der Waals surface area (Å²) in [4.78, 5) is 16.0. The van der Waals surface area contributed by atoms with Crippen molar-refractivity contribution in [2.24, 2.45) is 0 Å². The van der Waals surface area contributed by atoms with E-state index in [1.807, 2.05) is 24.4 Å². The summed E-state index contributed by atoms with van der Waals surface area (Å²) in [6, 6.07) is 5.40. The Balaban J connectivity index is 2.08. The van der Waals surface area contributed by atoms with Crippen LogP contribution < -0.4 is 14.8 Å². The first kappa shape index (κ1) is 15.1. The summed E-state index contributed by atoms with van der Waals surface area (Å²) in [6.45, 7) is 1.88. The molecule has 0 radical (unpaired) electrons. The van der Waals surface area contributed by atoms with Crippen LogP contribution in [0.3, 0.4) is 0 Å². The monoisotopic (exact) mass is 304 g/mol. The van der Waals surface area contributed by atoms with Gasteiger partial charge in [-0.2, -0.15) is 0 Å². The second-order valence-electron chi connectivity index (χ2n) is 4.22. The molecular weight excluding hydrogens is 288 g/mol. The summed E-state index contributed by atoms with van der Waals surface area (Å²) in [5.41, 5.74) is 1.68. The summed E-state index contributed by atoms with van der Waals surface area (Å²) < 4.78 is 10.4. The molecule has 0 bridgehead atoms. The summed E-state index contributed by atoms with van der Waals surface area (Å²) in [5, 5.41) is 5.18. The van der Waals surface area contributed by atoms with Gasteiger partial charge in [0.25, 0.3) is 0 Å². The number of hydrogen-bond donors (Lipinski definition) is 1. The molecule has 0 aliphatic heterocycles. The normalized spacial score (nSPS) is 10.6. The number of nitrogens with zero attached hydrogens (tertiary/aromatic N) is 1. The molecule has 1 N–H and O–H groups in total. The number of aryl methyl sites for hydroxylation is 1. The fraction of sp³-hybridized carbons (Fsp3) is 0.200. The first-order valence-electron chi connectivity index (χ1n) is 6.25. The predicted octanol–water partition coefficient (Wildman–Crippen LogP) is 3.12. The molecular formula is C15H16N2O3S. The Morgan fingerprint density at radius 2 is 2.14 bits per heavy atom. The smallest absolute Gasteiger partial charge is 0.250 e. The number of hydrogen-bond acceptors (Lipinski definition) is 5. The predicted molar refractivity (Wildman–Crippen MR) is 84.1 cm³/mol. The number of carbonyl (C=O) groups excluding carboxylic acids is 1. The molecule has 1 aromatic carbocycles. The molecule has 0 unspecified atom stereocenters. The first-order valence-corrected chi connectivity index (χ1v) is 7.13. The number of amides is 1. The molecule has 0 atom stereocenters. The molecule has 2 aromatic rings. The SMILES string of the molecule is COc1ccc(/C=C/C(=O)Nc2nc(C)cs2)c(OC)c1. The molecule has 2 rings (SSSR count). The van der Waals surface area contributed by atoms with Crippen LogP contribution in [0, 0.1) is 6.92 Å². The highest BCUT2D eigenvalue weighted by Gasteiger charge is 2.04. The molecule has 1 amide bonds. The number of rotatable bonds is 5. The van der Waals surface area contributed by atoms with Crippen molar-refractivity contribution >= 4 is 28.5 Å². The number of aromatic nitrogens is 1. The van der Waals surface area contributed by atoms with Crippen molar-refractivity contribution in [3.63, 3.8) is 0 Å². The zero-order valence-electron chi connectivity index (χ0n) is 12.0. The lowest BCUT2D eigenvalue weighted by Crippen LogP contribution is -2.07. The molecule has 0 fully saturated rings. The highest BCUT2D eigenvalue weighted by molar-refractivity contribution is 7.13. The van der Waals surface area contributed by atoms with Gasteiger partial charge in [0.05, 0.1) is 19.9 Å². The van der Waals surface area contributed by atoms with Crippen LogP contribution in [0.2, 0.25) is 0 Å². The molecule has 0 saturated heterocycles. The van der Waals surface area contributed by atoms with Gasteiger partial charge in [0.2, 0.25) is 5.91 Å². The standard InChI is InChI=1S/C15H16N2O3S/c1-10-9-21-15(16-10)17-14(18)7-5-11-4-6-12(19-2)8-13(11)20-3/h4-9H,1-3H3,(H,16,17,18)/b7-5+. The molecule has 6 heteroatoms. The number of methoxy groups -OCH3 is 2. The van der Waals surface area contributed by atoms with Crippen molar-refractivity contribution in [3.05, 3.63) is 40.9 Å². The van der Waals surface area contributed by atoms with E-state index in [1.165, 1.54) is 17.4 Å². The van der Waals surface area contributed by atoms with Gasteiger partial charge in [0.15, 0.2) is 5.13 Å². The van der Waals surface area contributed by atoms with Gasteiger partial charge in [0.1, 0.15) is 11.5 Å². The molecule has 110 valence electrons. The average molecular weight is 304 g/mol. The Bertz CT molecular complexity index is 665. The van der Waals surface area contributed by atoms with Crippen molar-refractivity contribution in [1.29, 1.82) is 0 Å². The van der Waals surface area contributed by atoms with Crippen LogP contribution in [0.4, 0.5) is 5.13 Å². The van der Waals surface area contributed by atoms with E-state index in [4.69, 9.17) is 9.47 Å². The van der Waals surface area contributed by atoms with Crippen molar-refractivity contribution in [2.45, 2.75) is 6.92 Å². The van der Waals surface area contributed by atoms with Crippen molar-refractivity contribution in [1.82, 2.24) is 4.98 Å². The fourth-order valence-corrected chi connectivity index (χ4v) is 2.37. The van der Waals surface area contributed by atoms with E-state index in [2.05, 4.69) is 10.3 Å². The maximum Gasteiger partial charge on any atom is 0.250 e. The third-order valence-electron chi connectivity index (χ3n) is 2.70. The number of carbonyl (C=O) groups is 1. The van der Waals surface area contributed by atoms with Gasteiger partial charge in [-0.15, -0.1) is 11.3 Å². The zero-order chi connectivity index (χ0) is 15.2. The first-order chi connectivity index (χ1) is 10.1. The number of nitrogens with one attached hydrogen (secondary N) is 1. The maximum absolute atomic E-state index is 11.8. The van der Waals surface area contributed by atoms with Crippen molar-refractivity contribution in [3.8, 4) is 11.5 Å². The van der Waals surface area contributed by atoms with E-state index in [-0.39, 0.29) is 5.91 Å². The Morgan fingerprint density at radius 1 is 1.33 bits per heavy atom. The minimum atomic E-state index is -0.234. The second-order valence-corrected chi connectivity index (χ2v) is 5.08. The number of ether oxygens (including phenoxy) is 2. The number of thiazole rings is 1. The number of benzene rings is 1. The van der Waals surface area contributed by atoms with Crippen LogP contribution in [0.25, 0.3) is 6.08 Å². The van der Waals surface area contributed by atoms with Gasteiger partial charge in [-0.05, 0) is 25.1 Å². The van der Waals surface area contributed by atoms with E-state index in [0.29, 0.717) is 16.6 Å². The lowest BCUT2D eigenvalue weighted by molar-refractivity contribution is -0.111. The minimum absolute atomic E-state index is 0.234. The van der Waals surface area contributed by atoms with E-state index in [1.54, 1.807) is 26.4 Å². The van der Waals surface area contributed by atoms with Crippen molar-refractivity contribution < 1.29 is 14.3 Å². The van der Waals surface area contributed by atoms with Gasteiger partial charge in [-0.25, -0.2) is 4.98 Å². The maximum atomic E-state index is 11.8. The molecule has 0 aliphatic carbocycles. The summed E-state index contributed by atoms with van der Waals surface area (Å²) in [5.74, 6) is 1.11. The summed E-state index contributed by atoms with van der Waals surface area (Å²) in [6.07, 6.45) is 3.13. The molecule has 0 aliphatic rings. The molecule has 0 saturated carbocycles. The van der Waals surface area contributed by atoms with Crippen LogP contribution in [0.15, 0.2) is 29.7 Å². The lowest BCUT2D eigenvalue weighted by Gasteiger charge is -2.07. The minimum Gasteiger partial charge on any atom is -0.497 e. The molecule has 21 heavy (non-hydrogen) atoms. The largest absolute Gasteiger partial charge is 0.497 e. The van der Waals surface area contributed by atoms with Crippen LogP contribution in [0.5, 0.6) is 11.5 Å². The van der Waals surface area contributed by atoms with E-state index in [9.17, 15) is 4.79 Å². The summed E-state index contributed by atoms with van der Waals surface area (Å²) in [7, 11) is 3.16. The zero-order valence-corrected chi connectivity index (χ0v) is 12.9. The molecule has 1 heterocycles. The second kappa shape index (κ2) is 6.90. The van der Waals surface area contributed by atoms with Crippen LogP contribution >= 0.6 is 11.3 Å². The Kier molecular flexibility index (Phi) is 4.94. The molecule has 1 aromatic heterocycles. The average Bonchev–Trinajstić information content (AvgIpc) is 2.90. The van der Waals surface area contributed by atoms with Crippen LogP contribution in [-0.2, 0) is 4.79 Å². The topological polar surface area (TPSA) is 60.5 Å². The fourth-order valence-electron chi connectivity index (χ4n) is 1.68. The van der Waals surface area contributed by atoms with Gasteiger partial charge >= 0.3 is 0 Å². The Morgan fingerprint density at radius 3 is 2.76 bits per heavy atom. The van der Waals surface area contributed by atoms with E-state index in [0.717, 1.165) is 11.3 Å². The Labute approximate surface area is 127 Å².